The summed E-state index contributed by atoms with van der Waals surface area (Å²) >= 11 is 0. The molecule has 7 heteroatoms. The summed E-state index contributed by atoms with van der Waals surface area (Å²) in [7, 11) is 1.91. The van der Waals surface area contributed by atoms with Gasteiger partial charge < -0.3 is 14.6 Å². The van der Waals surface area contributed by atoms with Crippen molar-refractivity contribution in [3.8, 4) is 0 Å². The van der Waals surface area contributed by atoms with Crippen molar-refractivity contribution in [3.05, 3.63) is 11.6 Å². The topological polar surface area (TPSA) is 74.5 Å². The van der Waals surface area contributed by atoms with Gasteiger partial charge in [-0.25, -0.2) is 0 Å². The van der Waals surface area contributed by atoms with Gasteiger partial charge in [0, 0.05) is 26.1 Å². The van der Waals surface area contributed by atoms with Gasteiger partial charge in [0.2, 0.25) is 5.91 Å². The van der Waals surface area contributed by atoms with Crippen molar-refractivity contribution in [1.29, 1.82) is 0 Å². The highest BCUT2D eigenvalue weighted by molar-refractivity contribution is 5.82. The Hall–Kier alpha value is -1.47. The molecule has 1 amide bonds. The predicted octanol–water partition coefficient (Wildman–Crippen LogP) is 0.498. The van der Waals surface area contributed by atoms with Gasteiger partial charge in [-0.15, -0.1) is 10.2 Å². The molecule has 4 aliphatic heterocycles. The Morgan fingerprint density at radius 2 is 1.83 bits per heavy atom. The summed E-state index contributed by atoms with van der Waals surface area (Å²) < 4.78 is 1.90. The van der Waals surface area contributed by atoms with E-state index in [9.17, 15) is 9.90 Å². The van der Waals surface area contributed by atoms with Crippen molar-refractivity contribution < 1.29 is 9.90 Å². The number of aliphatic hydroxyl groups is 1. The lowest BCUT2D eigenvalue weighted by Gasteiger charge is -2.46. The smallest absolute Gasteiger partial charge is 0.239 e. The average Bonchev–Trinajstić information content (AvgIpc) is 3.02. The van der Waals surface area contributed by atoms with Crippen LogP contribution in [0.4, 0.5) is 0 Å². The lowest BCUT2D eigenvalue weighted by molar-refractivity contribution is -0.142. The molecule has 4 saturated heterocycles. The van der Waals surface area contributed by atoms with Gasteiger partial charge in [0.1, 0.15) is 12.4 Å². The predicted molar refractivity (Wildman–Crippen MR) is 88.2 cm³/mol. The van der Waals surface area contributed by atoms with E-state index in [1.54, 1.807) is 0 Å². The normalized spacial score (nSPS) is 30.8. The first kappa shape index (κ1) is 16.0. The van der Waals surface area contributed by atoms with Gasteiger partial charge in [-0.3, -0.25) is 9.69 Å². The highest BCUT2D eigenvalue weighted by Gasteiger charge is 2.40. The minimum Gasteiger partial charge on any atom is -0.388 e. The zero-order chi connectivity index (χ0) is 16.7. The zero-order valence-corrected chi connectivity index (χ0v) is 14.4. The second-order valence-electron chi connectivity index (χ2n) is 7.52. The Labute approximate surface area is 142 Å². The number of carbonyl (C=O) groups is 1. The van der Waals surface area contributed by atoms with Crippen LogP contribution in [-0.4, -0.2) is 67.8 Å². The molecule has 5 heterocycles. The molecule has 2 bridgehead atoms. The molecular weight excluding hydrogens is 306 g/mol. The fourth-order valence-corrected chi connectivity index (χ4v) is 4.66. The van der Waals surface area contributed by atoms with Crippen LogP contribution >= 0.6 is 0 Å². The van der Waals surface area contributed by atoms with Crippen molar-refractivity contribution in [3.63, 3.8) is 0 Å². The molecule has 1 aromatic heterocycles. The molecule has 24 heavy (non-hydrogen) atoms. The van der Waals surface area contributed by atoms with E-state index in [4.69, 9.17) is 0 Å². The summed E-state index contributed by atoms with van der Waals surface area (Å²) in [5.74, 6) is 2.97. The molecule has 1 unspecified atom stereocenters. The van der Waals surface area contributed by atoms with Crippen LogP contribution in [0.15, 0.2) is 0 Å². The summed E-state index contributed by atoms with van der Waals surface area (Å²) in [5, 5.41) is 17.5. The van der Waals surface area contributed by atoms with E-state index in [1.165, 1.54) is 12.8 Å². The fraction of sp³-hybridized carbons (Fsp3) is 0.824. The molecule has 0 aromatic carbocycles. The molecule has 132 valence electrons. The molecule has 1 N–H and O–H groups in total. The number of hydrogen-bond donors (Lipinski definition) is 1. The van der Waals surface area contributed by atoms with Gasteiger partial charge in [-0.2, -0.15) is 0 Å². The van der Waals surface area contributed by atoms with E-state index in [0.29, 0.717) is 17.6 Å². The van der Waals surface area contributed by atoms with E-state index < -0.39 is 0 Å². The van der Waals surface area contributed by atoms with Gasteiger partial charge in [-0.1, -0.05) is 0 Å². The number of rotatable bonds is 3. The first-order valence-electron chi connectivity index (χ1n) is 9.19. The third kappa shape index (κ3) is 2.73. The number of piperidine rings is 4. The Bertz CT molecular complexity index is 600. The van der Waals surface area contributed by atoms with Crippen molar-refractivity contribution in [2.75, 3.05) is 26.2 Å². The first-order chi connectivity index (χ1) is 11.7. The van der Waals surface area contributed by atoms with Crippen LogP contribution < -0.4 is 0 Å². The number of carbonyl (C=O) groups excluding carboxylic acids is 1. The van der Waals surface area contributed by atoms with Crippen molar-refractivity contribution >= 4 is 5.91 Å². The van der Waals surface area contributed by atoms with Crippen LogP contribution in [0.2, 0.25) is 0 Å². The van der Waals surface area contributed by atoms with Crippen LogP contribution in [0.25, 0.3) is 0 Å². The van der Waals surface area contributed by atoms with Gasteiger partial charge in [0.25, 0.3) is 0 Å². The molecule has 0 spiro atoms. The Morgan fingerprint density at radius 3 is 2.38 bits per heavy atom. The van der Waals surface area contributed by atoms with E-state index in [2.05, 4.69) is 20.0 Å². The first-order valence-corrected chi connectivity index (χ1v) is 9.19. The van der Waals surface area contributed by atoms with Crippen LogP contribution in [-0.2, 0) is 18.4 Å². The van der Waals surface area contributed by atoms with Crippen LogP contribution in [0, 0.1) is 5.92 Å². The van der Waals surface area contributed by atoms with Crippen LogP contribution in [0.1, 0.15) is 49.7 Å². The van der Waals surface area contributed by atoms with Crippen molar-refractivity contribution in [2.45, 2.75) is 50.7 Å². The highest BCUT2D eigenvalue weighted by Crippen LogP contribution is 2.34. The lowest BCUT2D eigenvalue weighted by Crippen LogP contribution is -2.57. The number of aromatic nitrogens is 3. The van der Waals surface area contributed by atoms with Gasteiger partial charge in [-0.05, 0) is 51.1 Å². The maximum Gasteiger partial charge on any atom is 0.239 e. The molecule has 0 saturated carbocycles. The lowest BCUT2D eigenvalue weighted by atomic mass is 9.82. The Balaban J connectivity index is 1.37. The van der Waals surface area contributed by atoms with E-state index in [-0.39, 0.29) is 12.6 Å². The van der Waals surface area contributed by atoms with Gasteiger partial charge >= 0.3 is 0 Å². The average molecular weight is 333 g/mol. The van der Waals surface area contributed by atoms with Crippen LogP contribution in [0.3, 0.4) is 0 Å². The summed E-state index contributed by atoms with van der Waals surface area (Å²) in [6, 6.07) is 0.130. The molecule has 1 atom stereocenters. The molecule has 1 aromatic rings. The molecule has 4 fully saturated rings. The molecule has 5 rings (SSSR count). The third-order valence-corrected chi connectivity index (χ3v) is 6.24. The van der Waals surface area contributed by atoms with Gasteiger partial charge in [0.05, 0.1) is 6.04 Å². The highest BCUT2D eigenvalue weighted by atomic mass is 16.3. The largest absolute Gasteiger partial charge is 0.388 e. The molecule has 0 aliphatic carbocycles. The molecule has 0 radical (unpaired) electrons. The summed E-state index contributed by atoms with van der Waals surface area (Å²) in [6.45, 7) is 3.72. The summed E-state index contributed by atoms with van der Waals surface area (Å²) in [5.41, 5.74) is 0. The quantitative estimate of drug-likeness (QED) is 0.872. The van der Waals surface area contributed by atoms with E-state index in [0.717, 1.165) is 57.2 Å². The number of fused-ring (bicyclic) bond motifs is 3. The maximum atomic E-state index is 12.9. The van der Waals surface area contributed by atoms with Crippen LogP contribution in [0.5, 0.6) is 0 Å². The van der Waals surface area contributed by atoms with Crippen molar-refractivity contribution in [2.24, 2.45) is 13.0 Å². The Morgan fingerprint density at radius 1 is 1.12 bits per heavy atom. The number of aliphatic hydroxyl groups excluding tert-OH is 1. The second-order valence-corrected chi connectivity index (χ2v) is 7.52. The third-order valence-electron chi connectivity index (χ3n) is 6.24. The fourth-order valence-electron chi connectivity index (χ4n) is 4.66. The van der Waals surface area contributed by atoms with E-state index >= 15 is 0 Å². The van der Waals surface area contributed by atoms with Crippen molar-refractivity contribution in [1.82, 2.24) is 24.6 Å². The Kier molecular flexibility index (Phi) is 4.30. The minimum atomic E-state index is -0.0838. The number of likely N-dealkylation sites (tertiary alicyclic amines) is 1. The second kappa shape index (κ2) is 6.44. The monoisotopic (exact) mass is 333 g/mol. The van der Waals surface area contributed by atoms with E-state index in [1.807, 2.05) is 11.6 Å². The number of hydrogen-bond acceptors (Lipinski definition) is 5. The van der Waals surface area contributed by atoms with Gasteiger partial charge in [0.15, 0.2) is 5.82 Å². The SMILES string of the molecule is Cn1c(CO)nnc1C1CCN(C(=O)C2CC3CCN2CC3)CC1. The number of nitrogens with zero attached hydrogens (tertiary/aromatic N) is 5. The zero-order valence-electron chi connectivity index (χ0n) is 14.4. The molecule has 7 nitrogen and oxygen atoms in total. The molecule has 4 aliphatic rings. The maximum absolute atomic E-state index is 12.9. The number of amides is 1. The molecular formula is C17H27N5O2. The summed E-state index contributed by atoms with van der Waals surface area (Å²) in [6.07, 6.45) is 5.46. The minimum absolute atomic E-state index is 0.0838. The standard InChI is InChI=1S/C17H27N5O2/c1-20-15(11-23)18-19-16(20)13-4-8-22(9-5-13)17(24)14-10-12-2-6-21(14)7-3-12/h12-14,23H,2-11H2,1H3. The summed E-state index contributed by atoms with van der Waals surface area (Å²) in [4.78, 5) is 17.4.